The van der Waals surface area contributed by atoms with Crippen molar-refractivity contribution in [2.24, 2.45) is 5.73 Å². The first-order valence-electron chi connectivity index (χ1n) is 6.07. The van der Waals surface area contributed by atoms with Gasteiger partial charge in [0.15, 0.2) is 11.5 Å². The molecule has 2 rings (SSSR count). The molecule has 0 aliphatic carbocycles. The molecule has 0 aliphatic heterocycles. The zero-order valence-electron chi connectivity index (χ0n) is 10.5. The van der Waals surface area contributed by atoms with Crippen LogP contribution in [0.2, 0.25) is 0 Å². The fraction of sp³-hybridized carbons (Fsp3) is 0.214. The monoisotopic (exact) mass is 253 g/mol. The lowest BCUT2D eigenvalue weighted by Crippen LogP contribution is -2.16. The van der Waals surface area contributed by atoms with Gasteiger partial charge in [-0.15, -0.1) is 0 Å². The Hall–Kier alpha value is -2.45. The standard InChI is InChI=1S/C14H15N5/c15-10-13-14(19-9-8-17-13)18-7-6-12(16)11-4-2-1-3-5-11/h1-5,8-9,12H,6-7,16H2,(H,18,19). The topological polar surface area (TPSA) is 87.6 Å². The molecule has 1 heterocycles. The summed E-state index contributed by atoms with van der Waals surface area (Å²) in [5.74, 6) is 0.505. The van der Waals surface area contributed by atoms with Crippen molar-refractivity contribution in [3.63, 3.8) is 0 Å². The fourth-order valence-electron chi connectivity index (χ4n) is 1.76. The number of hydrogen-bond acceptors (Lipinski definition) is 5. The molecule has 96 valence electrons. The molecule has 1 atom stereocenters. The number of hydrogen-bond donors (Lipinski definition) is 2. The average Bonchev–Trinajstić information content (AvgIpc) is 2.48. The van der Waals surface area contributed by atoms with E-state index in [1.54, 1.807) is 6.20 Å². The number of nitriles is 1. The predicted molar refractivity (Wildman–Crippen MR) is 73.2 cm³/mol. The highest BCUT2D eigenvalue weighted by atomic mass is 15.0. The maximum Gasteiger partial charge on any atom is 0.182 e. The van der Waals surface area contributed by atoms with Gasteiger partial charge in [0, 0.05) is 25.0 Å². The summed E-state index contributed by atoms with van der Waals surface area (Å²) in [4.78, 5) is 8.02. The van der Waals surface area contributed by atoms with Crippen LogP contribution in [0.5, 0.6) is 0 Å². The van der Waals surface area contributed by atoms with Crippen LogP contribution < -0.4 is 11.1 Å². The Morgan fingerprint density at radius 1 is 1.21 bits per heavy atom. The molecule has 3 N–H and O–H groups in total. The number of anilines is 1. The van der Waals surface area contributed by atoms with Gasteiger partial charge in [0.2, 0.25) is 0 Å². The lowest BCUT2D eigenvalue weighted by Gasteiger charge is -2.12. The van der Waals surface area contributed by atoms with Crippen LogP contribution in [0.3, 0.4) is 0 Å². The molecule has 19 heavy (non-hydrogen) atoms. The zero-order valence-corrected chi connectivity index (χ0v) is 10.5. The van der Waals surface area contributed by atoms with Crippen molar-refractivity contribution in [3.05, 3.63) is 54.0 Å². The van der Waals surface area contributed by atoms with Crippen molar-refractivity contribution >= 4 is 5.82 Å². The summed E-state index contributed by atoms with van der Waals surface area (Å²) in [6.07, 6.45) is 3.81. The molecule has 1 aromatic heterocycles. The van der Waals surface area contributed by atoms with E-state index in [2.05, 4.69) is 15.3 Å². The second-order valence-electron chi connectivity index (χ2n) is 4.10. The summed E-state index contributed by atoms with van der Waals surface area (Å²) >= 11 is 0. The maximum atomic E-state index is 8.89. The molecule has 0 fully saturated rings. The third-order valence-corrected chi connectivity index (χ3v) is 2.78. The van der Waals surface area contributed by atoms with E-state index >= 15 is 0 Å². The van der Waals surface area contributed by atoms with Gasteiger partial charge in [-0.3, -0.25) is 0 Å². The van der Waals surface area contributed by atoms with E-state index in [0.717, 1.165) is 12.0 Å². The minimum absolute atomic E-state index is 0.0316. The Kier molecular flexibility index (Phi) is 4.43. The Balaban J connectivity index is 1.89. The summed E-state index contributed by atoms with van der Waals surface area (Å²) in [5, 5.41) is 12.0. The predicted octanol–water partition coefficient (Wildman–Crippen LogP) is 1.85. The molecular weight excluding hydrogens is 238 g/mol. The van der Waals surface area contributed by atoms with Crippen molar-refractivity contribution in [2.45, 2.75) is 12.5 Å². The van der Waals surface area contributed by atoms with Gasteiger partial charge in [-0.05, 0) is 12.0 Å². The number of nitrogens with two attached hydrogens (primary N) is 1. The summed E-state index contributed by atoms with van der Waals surface area (Å²) < 4.78 is 0. The van der Waals surface area contributed by atoms with Gasteiger partial charge in [-0.1, -0.05) is 30.3 Å². The van der Waals surface area contributed by atoms with Gasteiger partial charge in [-0.2, -0.15) is 5.26 Å². The Labute approximate surface area is 112 Å². The fourth-order valence-corrected chi connectivity index (χ4v) is 1.76. The first-order valence-corrected chi connectivity index (χ1v) is 6.07. The van der Waals surface area contributed by atoms with Crippen LogP contribution in [-0.2, 0) is 0 Å². The molecule has 0 saturated carbocycles. The van der Waals surface area contributed by atoms with Gasteiger partial charge in [0.05, 0.1) is 0 Å². The summed E-state index contributed by atoms with van der Waals surface area (Å²) in [6.45, 7) is 0.642. The Morgan fingerprint density at radius 3 is 2.68 bits per heavy atom. The van der Waals surface area contributed by atoms with E-state index in [1.807, 2.05) is 36.4 Å². The SMILES string of the molecule is N#Cc1nccnc1NCCC(N)c1ccccc1. The molecule has 0 amide bonds. The third kappa shape index (κ3) is 3.50. The van der Waals surface area contributed by atoms with E-state index in [9.17, 15) is 0 Å². The molecule has 5 nitrogen and oxygen atoms in total. The van der Waals surface area contributed by atoms with Crippen LogP contribution in [-0.4, -0.2) is 16.5 Å². The van der Waals surface area contributed by atoms with Gasteiger partial charge in [-0.25, -0.2) is 9.97 Å². The van der Waals surface area contributed by atoms with E-state index in [4.69, 9.17) is 11.0 Å². The summed E-state index contributed by atoms with van der Waals surface area (Å²) in [7, 11) is 0. The van der Waals surface area contributed by atoms with Gasteiger partial charge >= 0.3 is 0 Å². The van der Waals surface area contributed by atoms with E-state index in [1.165, 1.54) is 6.20 Å². The van der Waals surface area contributed by atoms with Gasteiger partial charge < -0.3 is 11.1 Å². The molecule has 0 aliphatic rings. The molecule has 0 saturated heterocycles. The molecule has 2 aromatic rings. The van der Waals surface area contributed by atoms with Crippen LogP contribution in [0.15, 0.2) is 42.7 Å². The van der Waals surface area contributed by atoms with Crippen LogP contribution >= 0.6 is 0 Å². The highest BCUT2D eigenvalue weighted by Crippen LogP contribution is 2.14. The van der Waals surface area contributed by atoms with E-state index < -0.39 is 0 Å². The molecule has 5 heteroatoms. The molecule has 1 aromatic carbocycles. The minimum Gasteiger partial charge on any atom is -0.368 e. The Bertz CT molecular complexity index is 562. The lowest BCUT2D eigenvalue weighted by atomic mass is 10.1. The van der Waals surface area contributed by atoms with Crippen molar-refractivity contribution in [3.8, 4) is 6.07 Å². The van der Waals surface area contributed by atoms with E-state index in [0.29, 0.717) is 18.1 Å². The number of nitrogens with zero attached hydrogens (tertiary/aromatic N) is 3. The molecule has 0 bridgehead atoms. The highest BCUT2D eigenvalue weighted by molar-refractivity contribution is 5.46. The van der Waals surface area contributed by atoms with Crippen molar-refractivity contribution in [2.75, 3.05) is 11.9 Å². The van der Waals surface area contributed by atoms with Crippen LogP contribution in [0, 0.1) is 11.3 Å². The number of nitrogens with one attached hydrogen (secondary N) is 1. The van der Waals surface area contributed by atoms with Crippen molar-refractivity contribution in [1.29, 1.82) is 5.26 Å². The van der Waals surface area contributed by atoms with Crippen LogP contribution in [0.4, 0.5) is 5.82 Å². The van der Waals surface area contributed by atoms with Gasteiger partial charge in [0.25, 0.3) is 0 Å². The first kappa shape index (κ1) is 13.0. The number of benzene rings is 1. The number of aromatic nitrogens is 2. The van der Waals surface area contributed by atoms with Crippen LogP contribution in [0.1, 0.15) is 23.7 Å². The molecule has 0 spiro atoms. The van der Waals surface area contributed by atoms with Crippen LogP contribution in [0.25, 0.3) is 0 Å². The number of rotatable bonds is 5. The smallest absolute Gasteiger partial charge is 0.182 e. The normalized spacial score (nSPS) is 11.6. The average molecular weight is 253 g/mol. The quantitative estimate of drug-likeness (QED) is 0.849. The van der Waals surface area contributed by atoms with Crippen molar-refractivity contribution in [1.82, 2.24) is 9.97 Å². The lowest BCUT2D eigenvalue weighted by molar-refractivity contribution is 0.674. The van der Waals surface area contributed by atoms with Crippen molar-refractivity contribution < 1.29 is 0 Å². The van der Waals surface area contributed by atoms with Gasteiger partial charge in [0.1, 0.15) is 6.07 Å². The minimum atomic E-state index is -0.0316. The second-order valence-corrected chi connectivity index (χ2v) is 4.10. The Morgan fingerprint density at radius 2 is 1.95 bits per heavy atom. The van der Waals surface area contributed by atoms with E-state index in [-0.39, 0.29) is 6.04 Å². The molecule has 1 unspecified atom stereocenters. The highest BCUT2D eigenvalue weighted by Gasteiger charge is 2.07. The molecular formula is C14H15N5. The zero-order chi connectivity index (χ0) is 13.5. The largest absolute Gasteiger partial charge is 0.368 e. The third-order valence-electron chi connectivity index (χ3n) is 2.78. The second kappa shape index (κ2) is 6.47. The summed E-state index contributed by atoms with van der Waals surface area (Å²) in [5.41, 5.74) is 7.49. The first-order chi connectivity index (χ1) is 9.31. The summed E-state index contributed by atoms with van der Waals surface area (Å²) in [6, 6.07) is 11.9. The maximum absolute atomic E-state index is 8.89. The molecule has 0 radical (unpaired) electrons.